The number of aliphatic imine (C=N–C) groups is 1. The maximum Gasteiger partial charge on any atom is 0.290 e. The molecule has 7 heteroatoms. The number of guanidine groups is 1. The highest BCUT2D eigenvalue weighted by Gasteiger charge is 2.13. The summed E-state index contributed by atoms with van der Waals surface area (Å²) in [5.74, 6) is -0.712. The summed E-state index contributed by atoms with van der Waals surface area (Å²) in [6, 6.07) is 12.9. The van der Waals surface area contributed by atoms with Crippen LogP contribution < -0.4 is 11.5 Å². The molecule has 1 amide bonds. The fraction of sp³-hybridized carbons (Fsp3) is 0. The molecular weight excluding hydrogens is 353 g/mol. The molecular formula is C16H11Cl2N3OS. The number of nitrogens with zero attached hydrogens (tertiary/aromatic N) is 1. The molecule has 2 aromatic carbocycles. The van der Waals surface area contributed by atoms with Gasteiger partial charge < -0.3 is 11.5 Å². The van der Waals surface area contributed by atoms with E-state index in [9.17, 15) is 4.79 Å². The summed E-state index contributed by atoms with van der Waals surface area (Å²) < 4.78 is 0.952. The minimum Gasteiger partial charge on any atom is -0.370 e. The van der Waals surface area contributed by atoms with Gasteiger partial charge >= 0.3 is 0 Å². The molecule has 1 aromatic heterocycles. The lowest BCUT2D eigenvalue weighted by atomic mass is 10.0. The van der Waals surface area contributed by atoms with Crippen LogP contribution in [-0.2, 0) is 0 Å². The number of amides is 1. The van der Waals surface area contributed by atoms with E-state index in [0.717, 1.165) is 21.2 Å². The SMILES string of the molecule is NC(N)=NC(=O)c1cc2c(-c3cc(Cl)cc(Cl)c3)cccc2s1. The van der Waals surface area contributed by atoms with Gasteiger partial charge in [-0.2, -0.15) is 4.99 Å². The van der Waals surface area contributed by atoms with E-state index < -0.39 is 5.91 Å². The molecule has 0 saturated carbocycles. The van der Waals surface area contributed by atoms with Crippen LogP contribution in [0.4, 0.5) is 0 Å². The summed E-state index contributed by atoms with van der Waals surface area (Å²) in [6.07, 6.45) is 0. The summed E-state index contributed by atoms with van der Waals surface area (Å²) in [7, 11) is 0. The Labute approximate surface area is 146 Å². The normalized spacial score (nSPS) is 10.7. The van der Waals surface area contributed by atoms with E-state index in [1.807, 2.05) is 30.3 Å². The maximum absolute atomic E-state index is 12.0. The zero-order valence-corrected chi connectivity index (χ0v) is 14.0. The smallest absolute Gasteiger partial charge is 0.290 e. The summed E-state index contributed by atoms with van der Waals surface area (Å²) in [6.45, 7) is 0. The highest BCUT2D eigenvalue weighted by Crippen LogP contribution is 2.36. The molecule has 0 radical (unpaired) electrons. The predicted octanol–water partition coefficient (Wildman–Crippen LogP) is 4.29. The first kappa shape index (κ1) is 15.8. The van der Waals surface area contributed by atoms with Gasteiger partial charge in [0.2, 0.25) is 0 Å². The highest BCUT2D eigenvalue weighted by atomic mass is 35.5. The lowest BCUT2D eigenvalue weighted by molar-refractivity contribution is 0.101. The van der Waals surface area contributed by atoms with Crippen molar-refractivity contribution < 1.29 is 4.79 Å². The van der Waals surface area contributed by atoms with Gasteiger partial charge in [0.1, 0.15) is 0 Å². The van der Waals surface area contributed by atoms with Crippen molar-refractivity contribution in [3.8, 4) is 11.1 Å². The fourth-order valence-electron chi connectivity index (χ4n) is 2.30. The Bertz CT molecular complexity index is 925. The number of nitrogens with two attached hydrogens (primary N) is 2. The number of thiophene rings is 1. The predicted molar refractivity (Wildman–Crippen MR) is 97.4 cm³/mol. The van der Waals surface area contributed by atoms with Gasteiger partial charge in [0, 0.05) is 20.1 Å². The number of carbonyl (C=O) groups is 1. The third-order valence-electron chi connectivity index (χ3n) is 3.18. The first-order valence-corrected chi connectivity index (χ1v) is 8.14. The quantitative estimate of drug-likeness (QED) is 0.526. The van der Waals surface area contributed by atoms with Gasteiger partial charge in [0.05, 0.1) is 4.88 Å². The van der Waals surface area contributed by atoms with Gasteiger partial charge in [-0.15, -0.1) is 11.3 Å². The van der Waals surface area contributed by atoms with Gasteiger partial charge in [-0.05, 0) is 41.5 Å². The topological polar surface area (TPSA) is 81.5 Å². The number of halogens is 2. The Balaban J connectivity index is 2.17. The van der Waals surface area contributed by atoms with E-state index in [4.69, 9.17) is 34.7 Å². The van der Waals surface area contributed by atoms with E-state index in [-0.39, 0.29) is 5.96 Å². The zero-order chi connectivity index (χ0) is 16.6. The molecule has 0 unspecified atom stereocenters. The lowest BCUT2D eigenvalue weighted by Gasteiger charge is -2.05. The van der Waals surface area contributed by atoms with Crippen molar-refractivity contribution in [2.75, 3.05) is 0 Å². The molecule has 0 aliphatic carbocycles. The molecule has 0 bridgehead atoms. The molecule has 3 rings (SSSR count). The van der Waals surface area contributed by atoms with Gasteiger partial charge in [-0.25, -0.2) is 0 Å². The minimum absolute atomic E-state index is 0.255. The Kier molecular flexibility index (Phi) is 4.26. The molecule has 4 nitrogen and oxygen atoms in total. The second kappa shape index (κ2) is 6.20. The third kappa shape index (κ3) is 3.32. The molecule has 0 fully saturated rings. The Hall–Kier alpha value is -2.08. The standard InChI is InChI=1S/C16H11Cl2N3OS/c17-9-4-8(5-10(18)6-9)11-2-1-3-13-12(11)7-14(23-13)15(22)21-16(19)20/h1-7H,(H4,19,20,21,22). The summed E-state index contributed by atoms with van der Waals surface area (Å²) >= 11 is 13.5. The van der Waals surface area contributed by atoms with Crippen LogP contribution in [0.25, 0.3) is 21.2 Å². The molecule has 0 saturated heterocycles. The summed E-state index contributed by atoms with van der Waals surface area (Å²) in [5, 5.41) is 2.03. The Morgan fingerprint density at radius 3 is 2.39 bits per heavy atom. The number of hydrogen-bond donors (Lipinski definition) is 2. The first-order chi connectivity index (χ1) is 10.9. The first-order valence-electron chi connectivity index (χ1n) is 6.57. The van der Waals surface area contributed by atoms with E-state index >= 15 is 0 Å². The monoisotopic (exact) mass is 363 g/mol. The van der Waals surface area contributed by atoms with Crippen LogP contribution in [0.15, 0.2) is 47.5 Å². The van der Waals surface area contributed by atoms with Crippen molar-refractivity contribution in [3.05, 3.63) is 57.4 Å². The summed E-state index contributed by atoms with van der Waals surface area (Å²) in [4.78, 5) is 16.0. The maximum atomic E-state index is 12.0. The van der Waals surface area contributed by atoms with Gasteiger partial charge in [0.25, 0.3) is 5.91 Å². The number of carbonyl (C=O) groups excluding carboxylic acids is 1. The third-order valence-corrected chi connectivity index (χ3v) is 4.70. The molecule has 1 heterocycles. The molecule has 3 aromatic rings. The molecule has 116 valence electrons. The van der Waals surface area contributed by atoms with Gasteiger partial charge in [-0.1, -0.05) is 35.3 Å². The Morgan fingerprint density at radius 1 is 1.04 bits per heavy atom. The highest BCUT2D eigenvalue weighted by molar-refractivity contribution is 7.20. The number of fused-ring (bicyclic) bond motifs is 1. The Morgan fingerprint density at radius 2 is 1.74 bits per heavy atom. The van der Waals surface area contributed by atoms with E-state index in [0.29, 0.717) is 14.9 Å². The lowest BCUT2D eigenvalue weighted by Crippen LogP contribution is -2.24. The molecule has 0 aliphatic heterocycles. The zero-order valence-electron chi connectivity index (χ0n) is 11.7. The van der Waals surface area contributed by atoms with Crippen molar-refractivity contribution in [2.24, 2.45) is 16.5 Å². The minimum atomic E-state index is -0.457. The van der Waals surface area contributed by atoms with E-state index in [2.05, 4.69) is 4.99 Å². The van der Waals surface area contributed by atoms with Crippen LogP contribution in [0.1, 0.15) is 9.67 Å². The molecule has 4 N–H and O–H groups in total. The van der Waals surface area contributed by atoms with Crippen LogP contribution in [0, 0.1) is 0 Å². The molecule has 0 spiro atoms. The molecule has 0 atom stereocenters. The van der Waals surface area contributed by atoms with Crippen molar-refractivity contribution in [1.82, 2.24) is 0 Å². The van der Waals surface area contributed by atoms with Crippen LogP contribution in [-0.4, -0.2) is 11.9 Å². The molecule has 0 aliphatic rings. The van der Waals surface area contributed by atoms with Crippen LogP contribution in [0.5, 0.6) is 0 Å². The van der Waals surface area contributed by atoms with Crippen LogP contribution >= 0.6 is 34.5 Å². The number of benzene rings is 2. The number of hydrogen-bond acceptors (Lipinski definition) is 2. The summed E-state index contributed by atoms with van der Waals surface area (Å²) in [5.41, 5.74) is 12.3. The van der Waals surface area contributed by atoms with Crippen molar-refractivity contribution in [2.45, 2.75) is 0 Å². The largest absolute Gasteiger partial charge is 0.370 e. The van der Waals surface area contributed by atoms with Crippen molar-refractivity contribution in [3.63, 3.8) is 0 Å². The van der Waals surface area contributed by atoms with Crippen LogP contribution in [0.3, 0.4) is 0 Å². The van der Waals surface area contributed by atoms with E-state index in [1.165, 1.54) is 11.3 Å². The fourth-order valence-corrected chi connectivity index (χ4v) is 3.80. The second-order valence-corrected chi connectivity index (χ2v) is 6.78. The average Bonchev–Trinajstić information content (AvgIpc) is 2.89. The van der Waals surface area contributed by atoms with Crippen LogP contribution in [0.2, 0.25) is 10.0 Å². The van der Waals surface area contributed by atoms with Gasteiger partial charge in [0.15, 0.2) is 5.96 Å². The van der Waals surface area contributed by atoms with Gasteiger partial charge in [-0.3, -0.25) is 4.79 Å². The molecule has 23 heavy (non-hydrogen) atoms. The average molecular weight is 364 g/mol. The van der Waals surface area contributed by atoms with Crippen molar-refractivity contribution >= 4 is 56.5 Å². The second-order valence-electron chi connectivity index (χ2n) is 4.83. The number of rotatable bonds is 2. The van der Waals surface area contributed by atoms with E-state index in [1.54, 1.807) is 12.1 Å². The van der Waals surface area contributed by atoms with Crippen molar-refractivity contribution in [1.29, 1.82) is 0 Å².